The number of Topliss-reactive ketones (excluding diaryl/α,β-unsaturated/α-hetero) is 2. The van der Waals surface area contributed by atoms with Crippen LogP contribution in [0.15, 0.2) is 48.5 Å². The Hall–Kier alpha value is -2.62. The first-order valence-electron chi connectivity index (χ1n) is 8.18. The van der Waals surface area contributed by atoms with Gasteiger partial charge in [-0.15, -0.1) is 0 Å². The largest absolute Gasteiger partial charge is 0.508 e. The summed E-state index contributed by atoms with van der Waals surface area (Å²) in [7, 11) is 0. The molecule has 2 aliphatic rings. The van der Waals surface area contributed by atoms with E-state index in [-0.39, 0.29) is 46.7 Å². The fourth-order valence-electron chi connectivity index (χ4n) is 4.46. The summed E-state index contributed by atoms with van der Waals surface area (Å²) >= 11 is 0. The molecule has 2 saturated carbocycles. The van der Waals surface area contributed by atoms with Crippen LogP contribution in [0.25, 0.3) is 0 Å². The van der Waals surface area contributed by atoms with Crippen LogP contribution in [0.4, 0.5) is 0 Å². The number of rotatable bonds is 2. The van der Waals surface area contributed by atoms with Gasteiger partial charge in [-0.3, -0.25) is 9.59 Å². The van der Waals surface area contributed by atoms with E-state index in [1.54, 1.807) is 48.5 Å². The minimum atomic E-state index is -0.262. The lowest BCUT2D eigenvalue weighted by Crippen LogP contribution is -2.13. The Morgan fingerprint density at radius 3 is 1.29 bits per heavy atom. The first-order chi connectivity index (χ1) is 11.5. The van der Waals surface area contributed by atoms with E-state index >= 15 is 0 Å². The molecule has 2 aliphatic carbocycles. The Labute approximate surface area is 139 Å². The van der Waals surface area contributed by atoms with Crippen molar-refractivity contribution in [3.05, 3.63) is 59.7 Å². The third-order valence-corrected chi connectivity index (χ3v) is 5.48. The quantitative estimate of drug-likeness (QED) is 0.891. The van der Waals surface area contributed by atoms with Gasteiger partial charge < -0.3 is 10.2 Å². The maximum absolute atomic E-state index is 12.6. The summed E-state index contributed by atoms with van der Waals surface area (Å²) in [5.74, 6) is 0.208. The number of hydrogen-bond acceptors (Lipinski definition) is 4. The van der Waals surface area contributed by atoms with Crippen LogP contribution < -0.4 is 0 Å². The topological polar surface area (TPSA) is 74.6 Å². The van der Waals surface area contributed by atoms with E-state index in [1.807, 2.05) is 0 Å². The normalized spacial score (nSPS) is 29.0. The second kappa shape index (κ2) is 5.48. The van der Waals surface area contributed by atoms with Crippen LogP contribution in [0.2, 0.25) is 0 Å². The summed E-state index contributed by atoms with van der Waals surface area (Å²) in [5, 5.41) is 18.9. The van der Waals surface area contributed by atoms with Crippen LogP contribution in [0, 0.1) is 11.8 Å². The summed E-state index contributed by atoms with van der Waals surface area (Å²) < 4.78 is 0. The van der Waals surface area contributed by atoms with E-state index in [2.05, 4.69) is 0 Å². The van der Waals surface area contributed by atoms with E-state index in [9.17, 15) is 19.8 Å². The lowest BCUT2D eigenvalue weighted by molar-refractivity contribution is -0.121. The van der Waals surface area contributed by atoms with Crippen molar-refractivity contribution in [3.63, 3.8) is 0 Å². The van der Waals surface area contributed by atoms with Gasteiger partial charge in [0.15, 0.2) is 0 Å². The second-order valence-corrected chi connectivity index (χ2v) is 6.81. The molecule has 4 nitrogen and oxygen atoms in total. The number of carbonyl (C=O) groups excluding carboxylic acids is 2. The van der Waals surface area contributed by atoms with Crippen LogP contribution in [-0.4, -0.2) is 21.8 Å². The molecular weight excluding hydrogens is 304 g/mol. The highest BCUT2D eigenvalue weighted by Crippen LogP contribution is 2.54. The van der Waals surface area contributed by atoms with Crippen molar-refractivity contribution in [2.75, 3.05) is 0 Å². The van der Waals surface area contributed by atoms with Gasteiger partial charge in [-0.1, -0.05) is 24.3 Å². The van der Waals surface area contributed by atoms with E-state index in [0.717, 1.165) is 11.1 Å². The minimum absolute atomic E-state index is 0.0216. The van der Waals surface area contributed by atoms with Gasteiger partial charge in [-0.2, -0.15) is 0 Å². The van der Waals surface area contributed by atoms with Crippen molar-refractivity contribution in [1.82, 2.24) is 0 Å². The van der Waals surface area contributed by atoms with Crippen LogP contribution in [0.1, 0.15) is 35.8 Å². The molecule has 4 rings (SSSR count). The monoisotopic (exact) mass is 322 g/mol. The number of carbonyl (C=O) groups is 2. The van der Waals surface area contributed by atoms with Gasteiger partial charge in [0.1, 0.15) is 23.1 Å². The number of phenolic OH excluding ortho intramolecular Hbond substituents is 2. The Kier molecular flexibility index (Phi) is 3.41. The lowest BCUT2D eigenvalue weighted by atomic mass is 9.83. The maximum Gasteiger partial charge on any atom is 0.140 e. The van der Waals surface area contributed by atoms with Crippen molar-refractivity contribution < 1.29 is 19.8 Å². The fraction of sp³-hybridized carbons (Fsp3) is 0.300. The molecule has 0 saturated heterocycles. The van der Waals surface area contributed by atoms with Gasteiger partial charge >= 0.3 is 0 Å². The maximum atomic E-state index is 12.6. The molecule has 4 heteroatoms. The van der Waals surface area contributed by atoms with Crippen molar-refractivity contribution in [1.29, 1.82) is 0 Å². The summed E-state index contributed by atoms with van der Waals surface area (Å²) in [6.07, 6.45) is 0.820. The zero-order valence-electron chi connectivity index (χ0n) is 13.1. The Balaban J connectivity index is 1.67. The molecular formula is C20H18O4. The van der Waals surface area contributed by atoms with Crippen LogP contribution in [0.5, 0.6) is 11.5 Å². The van der Waals surface area contributed by atoms with Gasteiger partial charge in [0.25, 0.3) is 0 Å². The van der Waals surface area contributed by atoms with E-state index in [4.69, 9.17) is 0 Å². The molecule has 2 aromatic carbocycles. The summed E-state index contributed by atoms with van der Waals surface area (Å²) in [5.41, 5.74) is 1.76. The summed E-state index contributed by atoms with van der Waals surface area (Å²) in [6.45, 7) is 0. The molecule has 2 fully saturated rings. The van der Waals surface area contributed by atoms with Gasteiger partial charge in [0, 0.05) is 24.7 Å². The van der Waals surface area contributed by atoms with Crippen LogP contribution in [0.3, 0.4) is 0 Å². The Morgan fingerprint density at radius 2 is 0.958 bits per heavy atom. The molecule has 2 N–H and O–H groups in total. The highest BCUT2D eigenvalue weighted by molar-refractivity contribution is 5.96. The second-order valence-electron chi connectivity index (χ2n) is 6.81. The first kappa shape index (κ1) is 14.9. The zero-order chi connectivity index (χ0) is 16.8. The molecule has 2 aromatic rings. The number of fused-ring (bicyclic) bond motifs is 1. The third kappa shape index (κ3) is 2.30. The highest BCUT2D eigenvalue weighted by Gasteiger charge is 2.53. The Morgan fingerprint density at radius 1 is 0.625 bits per heavy atom. The molecule has 0 radical (unpaired) electrons. The number of benzene rings is 2. The van der Waals surface area contributed by atoms with E-state index < -0.39 is 0 Å². The lowest BCUT2D eigenvalue weighted by Gasteiger charge is -2.19. The average Bonchev–Trinajstić information content (AvgIpc) is 3.02. The molecule has 0 aromatic heterocycles. The van der Waals surface area contributed by atoms with Gasteiger partial charge in [-0.25, -0.2) is 0 Å². The molecule has 4 atom stereocenters. The summed E-state index contributed by atoms with van der Waals surface area (Å²) in [4.78, 5) is 25.2. The number of aromatic hydroxyl groups is 2. The first-order valence-corrected chi connectivity index (χ1v) is 8.18. The molecule has 0 aliphatic heterocycles. The molecule has 0 spiro atoms. The number of hydrogen-bond donors (Lipinski definition) is 2. The van der Waals surface area contributed by atoms with E-state index in [0.29, 0.717) is 12.8 Å². The number of ketones is 2. The zero-order valence-corrected chi connectivity index (χ0v) is 13.1. The van der Waals surface area contributed by atoms with Crippen molar-refractivity contribution >= 4 is 11.6 Å². The van der Waals surface area contributed by atoms with Crippen molar-refractivity contribution in [2.24, 2.45) is 11.8 Å². The molecule has 0 bridgehead atoms. The highest BCUT2D eigenvalue weighted by atomic mass is 16.3. The van der Waals surface area contributed by atoms with Crippen LogP contribution in [-0.2, 0) is 9.59 Å². The summed E-state index contributed by atoms with van der Waals surface area (Å²) in [6, 6.07) is 13.5. The predicted octanol–water partition coefficient (Wildman–Crippen LogP) is 3.14. The molecule has 24 heavy (non-hydrogen) atoms. The minimum Gasteiger partial charge on any atom is -0.508 e. The van der Waals surface area contributed by atoms with Crippen LogP contribution >= 0.6 is 0 Å². The molecule has 0 amide bonds. The number of phenols is 2. The van der Waals surface area contributed by atoms with Gasteiger partial charge in [0.05, 0.1) is 0 Å². The van der Waals surface area contributed by atoms with Gasteiger partial charge in [0.2, 0.25) is 0 Å². The van der Waals surface area contributed by atoms with Crippen molar-refractivity contribution in [2.45, 2.75) is 24.7 Å². The average molecular weight is 322 g/mol. The van der Waals surface area contributed by atoms with Crippen molar-refractivity contribution in [3.8, 4) is 11.5 Å². The fourth-order valence-corrected chi connectivity index (χ4v) is 4.46. The van der Waals surface area contributed by atoms with Gasteiger partial charge in [-0.05, 0) is 47.2 Å². The molecule has 122 valence electrons. The SMILES string of the molecule is O=C1C[C@@H]2[C@@H](CC(=O)[C@@H]2c2ccc(O)cc2)[C@H]1c1ccc(O)cc1. The molecule has 0 unspecified atom stereocenters. The molecule has 0 heterocycles. The smallest absolute Gasteiger partial charge is 0.140 e. The standard InChI is InChI=1S/C20H18O4/c21-13-5-1-11(2-6-13)19-15-9-18(24)20(16(15)10-17(19)23)12-3-7-14(22)8-4-12/h1-8,15-16,19-22H,9-10H2/t15-,16-,19-,20-/m1/s1. The van der Waals surface area contributed by atoms with E-state index in [1.165, 1.54) is 0 Å². The Bertz CT molecular complexity index is 722. The third-order valence-electron chi connectivity index (χ3n) is 5.48. The predicted molar refractivity (Wildman–Crippen MR) is 87.9 cm³/mol.